The third-order valence-corrected chi connectivity index (χ3v) is 3.17. The minimum absolute atomic E-state index is 0.0649. The van der Waals surface area contributed by atoms with Crippen LogP contribution < -0.4 is 4.90 Å². The highest BCUT2D eigenvalue weighted by Gasteiger charge is 2.20. The van der Waals surface area contributed by atoms with Crippen molar-refractivity contribution in [2.24, 2.45) is 0 Å². The van der Waals surface area contributed by atoms with Crippen LogP contribution in [0.3, 0.4) is 0 Å². The summed E-state index contributed by atoms with van der Waals surface area (Å²) < 4.78 is 10.3. The molecule has 0 aromatic heterocycles. The van der Waals surface area contributed by atoms with Gasteiger partial charge in [0.1, 0.15) is 0 Å². The summed E-state index contributed by atoms with van der Waals surface area (Å²) in [4.78, 5) is 13.4. The van der Waals surface area contributed by atoms with Crippen LogP contribution in [0.2, 0.25) is 0 Å². The molecule has 1 rings (SSSR count). The van der Waals surface area contributed by atoms with Crippen LogP contribution in [-0.2, 0) is 9.47 Å². The number of aromatic carboxylic acids is 1. The molecule has 0 bridgehead atoms. The monoisotopic (exact) mass is 281 g/mol. The Kier molecular flexibility index (Phi) is 6.48. The summed E-state index contributed by atoms with van der Waals surface area (Å²) in [6, 6.07) is 5.41. The molecular weight excluding hydrogens is 258 g/mol. The zero-order valence-corrected chi connectivity index (χ0v) is 12.5. The van der Waals surface area contributed by atoms with Crippen molar-refractivity contribution in [3.8, 4) is 0 Å². The predicted molar refractivity (Wildman–Crippen MR) is 78.7 cm³/mol. The van der Waals surface area contributed by atoms with Gasteiger partial charge in [-0.2, -0.15) is 0 Å². The Balaban J connectivity index is 3.16. The van der Waals surface area contributed by atoms with Crippen molar-refractivity contribution in [2.75, 3.05) is 38.9 Å². The second-order valence-electron chi connectivity index (χ2n) is 4.82. The zero-order valence-electron chi connectivity index (χ0n) is 12.5. The Labute approximate surface area is 120 Å². The van der Waals surface area contributed by atoms with Crippen molar-refractivity contribution >= 4 is 11.7 Å². The van der Waals surface area contributed by atoms with Gasteiger partial charge >= 0.3 is 5.97 Å². The minimum Gasteiger partial charge on any atom is -0.478 e. The first-order chi connectivity index (χ1) is 9.51. The van der Waals surface area contributed by atoms with Crippen LogP contribution >= 0.6 is 0 Å². The van der Waals surface area contributed by atoms with Gasteiger partial charge in [-0.05, 0) is 31.5 Å². The predicted octanol–water partition coefficient (Wildman–Crippen LogP) is 2.18. The average Bonchev–Trinajstić information content (AvgIpc) is 2.39. The second kappa shape index (κ2) is 7.87. The molecule has 0 saturated carbocycles. The number of rotatable bonds is 8. The highest BCUT2D eigenvalue weighted by molar-refractivity contribution is 5.94. The van der Waals surface area contributed by atoms with E-state index >= 15 is 0 Å². The van der Waals surface area contributed by atoms with Gasteiger partial charge in [0.25, 0.3) is 0 Å². The third-order valence-electron chi connectivity index (χ3n) is 3.17. The molecule has 0 spiro atoms. The number of aryl methyl sites for hydroxylation is 1. The fraction of sp³-hybridized carbons (Fsp3) is 0.533. The van der Waals surface area contributed by atoms with Gasteiger partial charge < -0.3 is 19.5 Å². The van der Waals surface area contributed by atoms with Gasteiger partial charge in [0.2, 0.25) is 0 Å². The number of hydrogen-bond acceptors (Lipinski definition) is 4. The molecule has 1 aromatic carbocycles. The minimum atomic E-state index is -0.924. The summed E-state index contributed by atoms with van der Waals surface area (Å²) in [5, 5.41) is 9.35. The molecule has 20 heavy (non-hydrogen) atoms. The number of methoxy groups -OCH3 is 2. The Hall–Kier alpha value is -1.59. The van der Waals surface area contributed by atoms with E-state index in [0.29, 0.717) is 31.0 Å². The normalized spacial score (nSPS) is 12.2. The van der Waals surface area contributed by atoms with Crippen molar-refractivity contribution in [1.29, 1.82) is 0 Å². The van der Waals surface area contributed by atoms with E-state index in [-0.39, 0.29) is 6.04 Å². The zero-order chi connectivity index (χ0) is 15.1. The number of carboxylic acid groups (broad SMARTS) is 1. The Morgan fingerprint density at radius 2 is 2.05 bits per heavy atom. The van der Waals surface area contributed by atoms with E-state index in [1.807, 2.05) is 30.9 Å². The van der Waals surface area contributed by atoms with E-state index in [1.54, 1.807) is 20.3 Å². The lowest BCUT2D eigenvalue weighted by molar-refractivity contribution is 0.0697. The fourth-order valence-corrected chi connectivity index (χ4v) is 2.16. The number of ether oxygens (including phenoxy) is 2. The van der Waals surface area contributed by atoms with Crippen molar-refractivity contribution < 1.29 is 19.4 Å². The van der Waals surface area contributed by atoms with Gasteiger partial charge in [-0.15, -0.1) is 0 Å². The smallest absolute Gasteiger partial charge is 0.337 e. The number of nitrogens with zero attached hydrogens (tertiary/aromatic N) is 1. The highest BCUT2D eigenvalue weighted by Crippen LogP contribution is 2.24. The number of anilines is 1. The maximum atomic E-state index is 11.4. The first-order valence-electron chi connectivity index (χ1n) is 6.59. The van der Waals surface area contributed by atoms with Crippen LogP contribution in [0, 0.1) is 6.92 Å². The molecule has 112 valence electrons. The van der Waals surface area contributed by atoms with Crippen molar-refractivity contribution in [3.63, 3.8) is 0 Å². The second-order valence-corrected chi connectivity index (χ2v) is 4.82. The summed E-state index contributed by atoms with van der Waals surface area (Å²) >= 11 is 0. The summed E-state index contributed by atoms with van der Waals surface area (Å²) in [5.41, 5.74) is 2.03. The van der Waals surface area contributed by atoms with Gasteiger partial charge in [-0.25, -0.2) is 4.79 Å². The lowest BCUT2D eigenvalue weighted by Crippen LogP contribution is -2.39. The fourth-order valence-electron chi connectivity index (χ4n) is 2.16. The van der Waals surface area contributed by atoms with Crippen LogP contribution in [0.4, 0.5) is 5.69 Å². The maximum absolute atomic E-state index is 11.4. The molecule has 1 unspecified atom stereocenters. The van der Waals surface area contributed by atoms with E-state index in [9.17, 15) is 9.90 Å². The SMILES string of the molecule is COCCN(c1cc(C)ccc1C(=O)O)C(C)COC. The third kappa shape index (κ3) is 4.21. The average molecular weight is 281 g/mol. The van der Waals surface area contributed by atoms with E-state index in [4.69, 9.17) is 9.47 Å². The molecule has 0 aliphatic rings. The molecule has 0 aliphatic carbocycles. The Morgan fingerprint density at radius 3 is 2.60 bits per heavy atom. The molecule has 1 aromatic rings. The standard InChI is InChI=1S/C15H23NO4/c1-11-5-6-13(15(17)18)14(9-11)16(7-8-19-3)12(2)10-20-4/h5-6,9,12H,7-8,10H2,1-4H3,(H,17,18). The molecule has 0 radical (unpaired) electrons. The molecule has 1 N–H and O–H groups in total. The highest BCUT2D eigenvalue weighted by atomic mass is 16.5. The molecule has 0 saturated heterocycles. The van der Waals surface area contributed by atoms with E-state index in [1.165, 1.54) is 0 Å². The maximum Gasteiger partial charge on any atom is 0.337 e. The van der Waals surface area contributed by atoms with Crippen LogP contribution in [0.15, 0.2) is 18.2 Å². The number of hydrogen-bond donors (Lipinski definition) is 1. The summed E-state index contributed by atoms with van der Waals surface area (Å²) in [6.07, 6.45) is 0. The van der Waals surface area contributed by atoms with Crippen LogP contribution in [0.25, 0.3) is 0 Å². The molecule has 5 nitrogen and oxygen atoms in total. The first-order valence-corrected chi connectivity index (χ1v) is 6.59. The first kappa shape index (κ1) is 16.5. The molecule has 1 atom stereocenters. The Morgan fingerprint density at radius 1 is 1.35 bits per heavy atom. The van der Waals surface area contributed by atoms with Crippen molar-refractivity contribution in [2.45, 2.75) is 19.9 Å². The van der Waals surface area contributed by atoms with Gasteiger partial charge in [-0.1, -0.05) is 6.07 Å². The number of carbonyl (C=O) groups is 1. The van der Waals surface area contributed by atoms with Gasteiger partial charge in [-0.3, -0.25) is 0 Å². The molecule has 0 heterocycles. The molecule has 0 amide bonds. The van der Waals surface area contributed by atoms with Crippen LogP contribution in [-0.4, -0.2) is 51.1 Å². The lowest BCUT2D eigenvalue weighted by Gasteiger charge is -2.32. The van der Waals surface area contributed by atoms with Crippen LogP contribution in [0.1, 0.15) is 22.8 Å². The van der Waals surface area contributed by atoms with Crippen LogP contribution in [0.5, 0.6) is 0 Å². The van der Waals surface area contributed by atoms with E-state index < -0.39 is 5.97 Å². The summed E-state index contributed by atoms with van der Waals surface area (Å²) in [6.45, 7) is 5.63. The number of benzene rings is 1. The largest absolute Gasteiger partial charge is 0.478 e. The van der Waals surface area contributed by atoms with Gasteiger partial charge in [0, 0.05) is 26.8 Å². The van der Waals surface area contributed by atoms with Gasteiger partial charge in [0.05, 0.1) is 24.5 Å². The van der Waals surface area contributed by atoms with E-state index in [0.717, 1.165) is 5.56 Å². The van der Waals surface area contributed by atoms with Crippen molar-refractivity contribution in [1.82, 2.24) is 0 Å². The molecule has 0 aliphatic heterocycles. The molecular formula is C15H23NO4. The van der Waals surface area contributed by atoms with E-state index in [2.05, 4.69) is 0 Å². The Bertz CT molecular complexity index is 447. The summed E-state index contributed by atoms with van der Waals surface area (Å²) in [7, 11) is 3.27. The number of carboxylic acids is 1. The quantitative estimate of drug-likeness (QED) is 0.791. The van der Waals surface area contributed by atoms with Crippen molar-refractivity contribution in [3.05, 3.63) is 29.3 Å². The van der Waals surface area contributed by atoms with Gasteiger partial charge in [0.15, 0.2) is 0 Å². The lowest BCUT2D eigenvalue weighted by atomic mass is 10.1. The molecule has 0 fully saturated rings. The molecule has 5 heteroatoms. The topological polar surface area (TPSA) is 59.0 Å². The summed E-state index contributed by atoms with van der Waals surface area (Å²) in [5.74, 6) is -0.924.